The number of hydroxylamine groups is 2. The average Bonchev–Trinajstić information content (AvgIpc) is 2.59. The lowest BCUT2D eigenvalue weighted by molar-refractivity contribution is -0.122. The number of nitrogens with two attached hydrogens (primary N) is 1. The Kier molecular flexibility index (Phi) is 5.59. The molecule has 7 nitrogen and oxygen atoms in total. The number of primary amides is 1. The molecule has 0 radical (unpaired) electrons. The standard InChI is InChI=1S/C17H21N3O4/c1-11(16(21)19-7-8-20(23)17(18)22)12-3-4-14-10-15(24-2)6-5-13(14)9-12/h3-6,9-11,23H,7-8H2,1-2H3,(H2,18,22)(H,19,21). The number of nitrogens with one attached hydrogen (secondary N) is 1. The lowest BCUT2D eigenvalue weighted by Crippen LogP contribution is -2.40. The van der Waals surface area contributed by atoms with Crippen LogP contribution in [0.15, 0.2) is 36.4 Å². The minimum absolute atomic E-state index is 0.0642. The predicted molar refractivity (Wildman–Crippen MR) is 90.0 cm³/mol. The summed E-state index contributed by atoms with van der Waals surface area (Å²) in [5, 5.41) is 14.2. The molecule has 7 heteroatoms. The molecule has 0 fully saturated rings. The third kappa shape index (κ3) is 4.14. The zero-order valence-electron chi connectivity index (χ0n) is 13.7. The van der Waals surface area contributed by atoms with E-state index in [1.807, 2.05) is 36.4 Å². The van der Waals surface area contributed by atoms with Crippen LogP contribution < -0.4 is 15.8 Å². The van der Waals surface area contributed by atoms with Gasteiger partial charge in [-0.1, -0.05) is 24.3 Å². The van der Waals surface area contributed by atoms with Gasteiger partial charge < -0.3 is 15.8 Å². The summed E-state index contributed by atoms with van der Waals surface area (Å²) >= 11 is 0. The molecule has 0 heterocycles. The third-order valence-corrected chi connectivity index (χ3v) is 3.84. The monoisotopic (exact) mass is 331 g/mol. The van der Waals surface area contributed by atoms with Crippen molar-refractivity contribution in [3.05, 3.63) is 42.0 Å². The van der Waals surface area contributed by atoms with Crippen LogP contribution in [0.25, 0.3) is 10.8 Å². The maximum Gasteiger partial charge on any atom is 0.338 e. The van der Waals surface area contributed by atoms with Gasteiger partial charge in [-0.25, -0.2) is 9.86 Å². The topological polar surface area (TPSA) is 105 Å². The van der Waals surface area contributed by atoms with Gasteiger partial charge in [0, 0.05) is 6.54 Å². The maximum atomic E-state index is 12.2. The fraction of sp³-hybridized carbons (Fsp3) is 0.294. The van der Waals surface area contributed by atoms with Gasteiger partial charge in [-0.3, -0.25) is 10.0 Å². The molecule has 0 aliphatic carbocycles. The van der Waals surface area contributed by atoms with E-state index >= 15 is 0 Å². The van der Waals surface area contributed by atoms with Crippen molar-refractivity contribution in [2.45, 2.75) is 12.8 Å². The van der Waals surface area contributed by atoms with Crippen LogP contribution in [0, 0.1) is 0 Å². The number of fused-ring (bicyclic) bond motifs is 1. The molecule has 2 rings (SSSR count). The summed E-state index contributed by atoms with van der Waals surface area (Å²) < 4.78 is 5.20. The number of hydrogen-bond donors (Lipinski definition) is 3. The van der Waals surface area contributed by atoms with Crippen LogP contribution in [0.4, 0.5) is 4.79 Å². The first-order valence-corrected chi connectivity index (χ1v) is 7.53. The molecule has 0 aliphatic rings. The summed E-state index contributed by atoms with van der Waals surface area (Å²) in [6, 6.07) is 10.6. The Balaban J connectivity index is 2.03. The highest BCUT2D eigenvalue weighted by atomic mass is 16.5. The summed E-state index contributed by atoms with van der Waals surface area (Å²) in [7, 11) is 1.62. The van der Waals surface area contributed by atoms with Gasteiger partial charge in [0.15, 0.2) is 0 Å². The van der Waals surface area contributed by atoms with E-state index in [1.54, 1.807) is 14.0 Å². The van der Waals surface area contributed by atoms with Gasteiger partial charge in [0.1, 0.15) is 5.75 Å². The van der Waals surface area contributed by atoms with Gasteiger partial charge in [0.05, 0.1) is 19.6 Å². The number of carbonyl (C=O) groups is 2. The van der Waals surface area contributed by atoms with Crippen LogP contribution in [0.3, 0.4) is 0 Å². The maximum absolute atomic E-state index is 12.2. The van der Waals surface area contributed by atoms with E-state index in [4.69, 9.17) is 15.7 Å². The Morgan fingerprint density at radius 2 is 1.92 bits per heavy atom. The fourth-order valence-corrected chi connectivity index (χ4v) is 2.34. The molecule has 1 unspecified atom stereocenters. The van der Waals surface area contributed by atoms with E-state index < -0.39 is 6.03 Å². The lowest BCUT2D eigenvalue weighted by atomic mass is 9.97. The Morgan fingerprint density at radius 1 is 1.25 bits per heavy atom. The molecule has 128 valence electrons. The Labute approximate surface area is 140 Å². The molecular formula is C17H21N3O4. The third-order valence-electron chi connectivity index (χ3n) is 3.84. The van der Waals surface area contributed by atoms with Crippen molar-refractivity contribution < 1.29 is 19.5 Å². The smallest absolute Gasteiger partial charge is 0.338 e. The van der Waals surface area contributed by atoms with Crippen molar-refractivity contribution in [3.63, 3.8) is 0 Å². The van der Waals surface area contributed by atoms with E-state index in [0.29, 0.717) is 5.06 Å². The number of amides is 3. The Hall–Kier alpha value is -2.80. The van der Waals surface area contributed by atoms with Crippen LogP contribution >= 0.6 is 0 Å². The number of hydrogen-bond acceptors (Lipinski definition) is 4. The Morgan fingerprint density at radius 3 is 2.58 bits per heavy atom. The number of nitrogens with zero attached hydrogens (tertiary/aromatic N) is 1. The summed E-state index contributed by atoms with van der Waals surface area (Å²) in [5.41, 5.74) is 5.77. The number of carbonyl (C=O) groups excluding carboxylic acids is 2. The fourth-order valence-electron chi connectivity index (χ4n) is 2.34. The molecule has 0 aromatic heterocycles. The predicted octanol–water partition coefficient (Wildman–Crippen LogP) is 1.84. The highest BCUT2D eigenvalue weighted by Crippen LogP contribution is 2.25. The van der Waals surface area contributed by atoms with Crippen LogP contribution in [0.1, 0.15) is 18.4 Å². The SMILES string of the molecule is COc1ccc2cc(C(C)C(=O)NCCN(O)C(N)=O)ccc2c1. The van der Waals surface area contributed by atoms with Crippen molar-refractivity contribution in [2.75, 3.05) is 20.2 Å². The van der Waals surface area contributed by atoms with E-state index in [2.05, 4.69) is 5.32 Å². The van der Waals surface area contributed by atoms with Crippen LogP contribution in [-0.2, 0) is 4.79 Å². The molecule has 0 saturated carbocycles. The minimum Gasteiger partial charge on any atom is -0.497 e. The van der Waals surface area contributed by atoms with Crippen molar-refractivity contribution in [2.24, 2.45) is 5.73 Å². The van der Waals surface area contributed by atoms with Gasteiger partial charge in [0.2, 0.25) is 5.91 Å². The largest absolute Gasteiger partial charge is 0.497 e. The van der Waals surface area contributed by atoms with Gasteiger partial charge in [-0.15, -0.1) is 0 Å². The molecule has 24 heavy (non-hydrogen) atoms. The van der Waals surface area contributed by atoms with E-state index in [1.165, 1.54) is 0 Å². The van der Waals surface area contributed by atoms with Crippen molar-refractivity contribution in [1.29, 1.82) is 0 Å². The molecule has 0 aliphatic heterocycles. The van der Waals surface area contributed by atoms with Gasteiger partial charge >= 0.3 is 6.03 Å². The number of benzene rings is 2. The summed E-state index contributed by atoms with van der Waals surface area (Å²) in [4.78, 5) is 22.9. The van der Waals surface area contributed by atoms with Gasteiger partial charge in [-0.05, 0) is 35.4 Å². The van der Waals surface area contributed by atoms with Gasteiger partial charge in [0.25, 0.3) is 0 Å². The molecule has 2 aromatic carbocycles. The van der Waals surface area contributed by atoms with Crippen molar-refractivity contribution >= 4 is 22.7 Å². The van der Waals surface area contributed by atoms with Crippen molar-refractivity contribution in [3.8, 4) is 5.75 Å². The quantitative estimate of drug-likeness (QED) is 0.555. The average molecular weight is 331 g/mol. The molecule has 3 amide bonds. The lowest BCUT2D eigenvalue weighted by Gasteiger charge is -2.16. The molecular weight excluding hydrogens is 310 g/mol. The minimum atomic E-state index is -0.956. The molecule has 1 atom stereocenters. The first-order valence-electron chi connectivity index (χ1n) is 7.53. The molecule has 0 saturated heterocycles. The van der Waals surface area contributed by atoms with E-state index in [-0.39, 0.29) is 24.9 Å². The molecule has 0 bridgehead atoms. The first kappa shape index (κ1) is 17.6. The van der Waals surface area contributed by atoms with Crippen molar-refractivity contribution in [1.82, 2.24) is 10.4 Å². The van der Waals surface area contributed by atoms with E-state index in [9.17, 15) is 9.59 Å². The highest BCUT2D eigenvalue weighted by Gasteiger charge is 2.16. The van der Waals surface area contributed by atoms with E-state index in [0.717, 1.165) is 22.1 Å². The van der Waals surface area contributed by atoms with Gasteiger partial charge in [-0.2, -0.15) is 0 Å². The number of urea groups is 1. The number of rotatable bonds is 6. The first-order chi connectivity index (χ1) is 11.4. The number of ether oxygens (including phenoxy) is 1. The zero-order valence-corrected chi connectivity index (χ0v) is 13.7. The second-order valence-corrected chi connectivity index (χ2v) is 5.45. The summed E-state index contributed by atoms with van der Waals surface area (Å²) in [6.45, 7) is 1.85. The number of methoxy groups -OCH3 is 1. The Bertz CT molecular complexity index is 748. The van der Waals surface area contributed by atoms with Crippen LogP contribution in [0.5, 0.6) is 5.75 Å². The highest BCUT2D eigenvalue weighted by molar-refractivity contribution is 5.88. The molecule has 2 aromatic rings. The van der Waals surface area contributed by atoms with Crippen LogP contribution in [-0.4, -0.2) is 42.4 Å². The molecule has 4 N–H and O–H groups in total. The normalized spacial score (nSPS) is 11.8. The summed E-state index contributed by atoms with van der Waals surface area (Å²) in [6.07, 6.45) is 0. The zero-order chi connectivity index (χ0) is 17.7. The summed E-state index contributed by atoms with van der Waals surface area (Å²) in [5.74, 6) is 0.224. The second kappa shape index (κ2) is 7.65. The van der Waals surface area contributed by atoms with Crippen LogP contribution in [0.2, 0.25) is 0 Å². The second-order valence-electron chi connectivity index (χ2n) is 5.45. The molecule has 0 spiro atoms.